The Morgan fingerprint density at radius 2 is 1.79 bits per heavy atom. The number of aliphatic hydroxyl groups is 1. The van der Waals surface area contributed by atoms with Gasteiger partial charge in [0.15, 0.2) is 0 Å². The van der Waals surface area contributed by atoms with Crippen molar-refractivity contribution in [3.8, 4) is 5.75 Å². The van der Waals surface area contributed by atoms with Crippen LogP contribution in [0.25, 0.3) is 0 Å². The monoisotopic (exact) mass is 295 g/mol. The van der Waals surface area contributed by atoms with Gasteiger partial charge in [-0.25, -0.2) is 0 Å². The van der Waals surface area contributed by atoms with Crippen LogP contribution in [0.4, 0.5) is 8.78 Å². The van der Waals surface area contributed by atoms with Crippen molar-refractivity contribution >= 4 is 12.4 Å². The first kappa shape index (κ1) is 18.1. The Morgan fingerprint density at radius 1 is 1.26 bits per heavy atom. The van der Waals surface area contributed by atoms with Crippen LogP contribution in [0.1, 0.15) is 31.9 Å². The minimum Gasteiger partial charge on any atom is -0.435 e. The van der Waals surface area contributed by atoms with E-state index in [1.54, 1.807) is 12.1 Å². The molecule has 1 aromatic carbocycles. The Bertz CT molecular complexity index is 362. The van der Waals surface area contributed by atoms with Gasteiger partial charge < -0.3 is 15.6 Å². The molecule has 0 radical (unpaired) electrons. The predicted molar refractivity (Wildman–Crippen MR) is 72.7 cm³/mol. The number of rotatable bonds is 6. The fourth-order valence-electron chi connectivity index (χ4n) is 1.66. The van der Waals surface area contributed by atoms with Crippen LogP contribution in [-0.2, 0) is 0 Å². The topological polar surface area (TPSA) is 55.5 Å². The first-order chi connectivity index (χ1) is 8.45. The molecule has 0 heterocycles. The van der Waals surface area contributed by atoms with Gasteiger partial charge in [0.05, 0.1) is 12.1 Å². The van der Waals surface area contributed by atoms with Crippen molar-refractivity contribution in [3.05, 3.63) is 29.8 Å². The smallest absolute Gasteiger partial charge is 0.387 e. The van der Waals surface area contributed by atoms with Crippen LogP contribution in [-0.4, -0.2) is 17.8 Å². The number of halogens is 3. The number of hydrogen-bond donors (Lipinski definition) is 2. The number of nitrogens with two attached hydrogens (primary N) is 1. The number of aliphatic hydroxyl groups excluding tert-OH is 1. The fraction of sp³-hybridized carbons (Fsp3) is 0.538. The van der Waals surface area contributed by atoms with Crippen molar-refractivity contribution in [2.24, 2.45) is 11.7 Å². The van der Waals surface area contributed by atoms with E-state index in [1.807, 2.05) is 13.8 Å². The molecule has 19 heavy (non-hydrogen) atoms. The normalized spacial score (nSPS) is 15.5. The van der Waals surface area contributed by atoms with E-state index in [2.05, 4.69) is 4.74 Å². The van der Waals surface area contributed by atoms with Gasteiger partial charge in [0.1, 0.15) is 5.75 Å². The molecule has 3 nitrogen and oxygen atoms in total. The Labute approximate surface area is 118 Å². The van der Waals surface area contributed by atoms with Crippen molar-refractivity contribution in [3.63, 3.8) is 0 Å². The molecule has 3 atom stereocenters. The van der Waals surface area contributed by atoms with E-state index in [4.69, 9.17) is 5.73 Å². The number of ether oxygens (including phenoxy) is 1. The molecule has 0 spiro atoms. The molecule has 0 aliphatic carbocycles. The second-order valence-electron chi connectivity index (χ2n) is 4.35. The highest BCUT2D eigenvalue weighted by atomic mass is 35.5. The van der Waals surface area contributed by atoms with Gasteiger partial charge in [-0.2, -0.15) is 8.78 Å². The summed E-state index contributed by atoms with van der Waals surface area (Å²) >= 11 is 0. The maximum absolute atomic E-state index is 12.0. The maximum atomic E-state index is 12.0. The molecule has 0 aromatic heterocycles. The summed E-state index contributed by atoms with van der Waals surface area (Å²) in [5.41, 5.74) is 6.63. The number of benzene rings is 1. The van der Waals surface area contributed by atoms with Crippen molar-refractivity contribution in [2.45, 2.75) is 39.0 Å². The fourth-order valence-corrected chi connectivity index (χ4v) is 1.66. The van der Waals surface area contributed by atoms with E-state index in [0.717, 1.165) is 6.42 Å². The van der Waals surface area contributed by atoms with Gasteiger partial charge in [-0.15, -0.1) is 12.4 Å². The minimum absolute atomic E-state index is 0. The van der Waals surface area contributed by atoms with E-state index >= 15 is 0 Å². The highest BCUT2D eigenvalue weighted by molar-refractivity contribution is 5.85. The zero-order valence-corrected chi connectivity index (χ0v) is 11.7. The van der Waals surface area contributed by atoms with Crippen LogP contribution in [0.15, 0.2) is 24.3 Å². The summed E-state index contributed by atoms with van der Waals surface area (Å²) in [4.78, 5) is 0. The summed E-state index contributed by atoms with van der Waals surface area (Å²) in [5.74, 6) is 0.163. The summed E-state index contributed by atoms with van der Waals surface area (Å²) in [6.07, 6.45) is 0.165. The molecule has 1 rings (SSSR count). The predicted octanol–water partition coefficient (Wildman–Crippen LogP) is 3.12. The summed E-state index contributed by atoms with van der Waals surface area (Å²) in [6, 6.07) is 5.50. The van der Waals surface area contributed by atoms with Gasteiger partial charge in [-0.3, -0.25) is 0 Å². The van der Waals surface area contributed by atoms with Crippen molar-refractivity contribution in [1.29, 1.82) is 0 Å². The van der Waals surface area contributed by atoms with Gasteiger partial charge in [0.25, 0.3) is 0 Å². The Balaban J connectivity index is 0.00000324. The van der Waals surface area contributed by atoms with E-state index in [0.29, 0.717) is 5.56 Å². The summed E-state index contributed by atoms with van der Waals surface area (Å²) in [6.45, 7) is 1.05. The van der Waals surface area contributed by atoms with Gasteiger partial charge in [0.2, 0.25) is 0 Å². The number of alkyl halides is 2. The van der Waals surface area contributed by atoms with Crippen molar-refractivity contribution in [2.75, 3.05) is 0 Å². The Kier molecular flexibility index (Phi) is 7.90. The molecule has 0 aliphatic rings. The molecule has 0 saturated carbocycles. The molecule has 0 aliphatic heterocycles. The third-order valence-electron chi connectivity index (χ3n) is 3.09. The maximum Gasteiger partial charge on any atom is 0.387 e. The Hall–Kier alpha value is -0.910. The van der Waals surface area contributed by atoms with E-state index in [9.17, 15) is 13.9 Å². The zero-order valence-electron chi connectivity index (χ0n) is 10.9. The second kappa shape index (κ2) is 8.30. The van der Waals surface area contributed by atoms with Crippen LogP contribution in [0, 0.1) is 5.92 Å². The summed E-state index contributed by atoms with van der Waals surface area (Å²) < 4.78 is 28.2. The molecule has 1 unspecified atom stereocenters. The van der Waals surface area contributed by atoms with Crippen molar-refractivity contribution < 1.29 is 18.6 Å². The van der Waals surface area contributed by atoms with Crippen LogP contribution >= 0.6 is 12.4 Å². The lowest BCUT2D eigenvalue weighted by Crippen LogP contribution is -2.31. The molecule has 3 N–H and O–H groups in total. The zero-order chi connectivity index (χ0) is 13.7. The average Bonchev–Trinajstić information content (AvgIpc) is 2.36. The Morgan fingerprint density at radius 3 is 2.21 bits per heavy atom. The minimum atomic E-state index is -2.84. The van der Waals surface area contributed by atoms with E-state index in [-0.39, 0.29) is 24.1 Å². The highest BCUT2D eigenvalue weighted by Gasteiger charge is 2.21. The van der Waals surface area contributed by atoms with Gasteiger partial charge in [0, 0.05) is 0 Å². The first-order valence-corrected chi connectivity index (χ1v) is 5.94. The van der Waals surface area contributed by atoms with Gasteiger partial charge in [-0.1, -0.05) is 32.4 Å². The molecular weight excluding hydrogens is 276 g/mol. The lowest BCUT2D eigenvalue weighted by molar-refractivity contribution is -0.0498. The van der Waals surface area contributed by atoms with Crippen LogP contribution in [0.2, 0.25) is 0 Å². The second-order valence-corrected chi connectivity index (χ2v) is 4.35. The van der Waals surface area contributed by atoms with Crippen LogP contribution in [0.5, 0.6) is 5.75 Å². The molecular formula is C13H20ClF2NO2. The molecule has 0 bridgehead atoms. The molecule has 1 aromatic rings. The third-order valence-corrected chi connectivity index (χ3v) is 3.09. The average molecular weight is 296 g/mol. The lowest BCUT2D eigenvalue weighted by atomic mass is 9.92. The molecule has 0 fully saturated rings. The van der Waals surface area contributed by atoms with Crippen molar-refractivity contribution in [1.82, 2.24) is 0 Å². The number of hydrogen-bond acceptors (Lipinski definition) is 3. The SMILES string of the molecule is CCC(C)[C@@H](O)[C@@H](N)c1ccc(OC(F)F)cc1.Cl. The van der Waals surface area contributed by atoms with Crippen LogP contribution < -0.4 is 10.5 Å². The van der Waals surface area contributed by atoms with E-state index in [1.165, 1.54) is 12.1 Å². The van der Waals surface area contributed by atoms with Gasteiger partial charge >= 0.3 is 6.61 Å². The third kappa shape index (κ3) is 5.30. The summed E-state index contributed by atoms with van der Waals surface area (Å²) in [5, 5.41) is 9.98. The largest absolute Gasteiger partial charge is 0.435 e. The van der Waals surface area contributed by atoms with Crippen LogP contribution in [0.3, 0.4) is 0 Å². The molecule has 110 valence electrons. The van der Waals surface area contributed by atoms with Gasteiger partial charge in [-0.05, 0) is 23.6 Å². The molecule has 0 amide bonds. The molecule has 0 saturated heterocycles. The molecule has 6 heteroatoms. The van der Waals surface area contributed by atoms with E-state index < -0.39 is 18.8 Å². The first-order valence-electron chi connectivity index (χ1n) is 5.94. The summed E-state index contributed by atoms with van der Waals surface area (Å²) in [7, 11) is 0. The highest BCUT2D eigenvalue weighted by Crippen LogP contribution is 2.24. The quantitative estimate of drug-likeness (QED) is 0.848. The lowest BCUT2D eigenvalue weighted by Gasteiger charge is -2.24. The standard InChI is InChI=1S/C13H19F2NO2.ClH/c1-3-8(2)12(17)11(16)9-4-6-10(7-5-9)18-13(14)15;/h4-8,11-13,17H,3,16H2,1-2H3;1H/t8?,11-,12+;/m0./s1.